The molecule has 0 bridgehead atoms. The van der Waals surface area contributed by atoms with Crippen LogP contribution in [0.15, 0.2) is 53.3 Å². The Bertz CT molecular complexity index is 960. The number of rotatable bonds is 4. The van der Waals surface area contributed by atoms with Crippen LogP contribution in [0, 0.1) is 6.92 Å². The van der Waals surface area contributed by atoms with Crippen LogP contribution >= 0.6 is 0 Å². The predicted molar refractivity (Wildman–Crippen MR) is 93.5 cm³/mol. The molecule has 24 heavy (non-hydrogen) atoms. The van der Waals surface area contributed by atoms with Gasteiger partial charge < -0.3 is 15.0 Å². The van der Waals surface area contributed by atoms with Crippen LogP contribution in [0.5, 0.6) is 5.75 Å². The van der Waals surface area contributed by atoms with E-state index in [0.717, 1.165) is 10.9 Å². The highest BCUT2D eigenvalue weighted by Gasteiger charge is 2.08. The number of benzene rings is 2. The molecule has 0 saturated heterocycles. The number of nitrogens with one attached hydrogen (secondary N) is 2. The van der Waals surface area contributed by atoms with E-state index in [4.69, 9.17) is 4.74 Å². The third kappa shape index (κ3) is 3.30. The maximum Gasteiger partial charge on any atom is 0.253 e. The van der Waals surface area contributed by atoms with Gasteiger partial charge in [0.25, 0.3) is 11.5 Å². The molecule has 5 nitrogen and oxygen atoms in total. The summed E-state index contributed by atoms with van der Waals surface area (Å²) < 4.78 is 5.15. The molecule has 0 aliphatic heterocycles. The molecule has 1 amide bonds. The lowest BCUT2D eigenvalue weighted by Crippen LogP contribution is -2.26. The van der Waals surface area contributed by atoms with Gasteiger partial charge in [-0.3, -0.25) is 9.59 Å². The highest BCUT2D eigenvalue weighted by atomic mass is 16.5. The van der Waals surface area contributed by atoms with E-state index >= 15 is 0 Å². The van der Waals surface area contributed by atoms with Crippen LogP contribution in [0.4, 0.5) is 0 Å². The number of carbonyl (C=O) groups excluding carboxylic acids is 1. The average molecular weight is 322 g/mol. The van der Waals surface area contributed by atoms with Crippen molar-refractivity contribution in [3.8, 4) is 5.75 Å². The standard InChI is InChI=1S/C19H18N2O3/c1-12-4-3-5-14(8-12)18(22)20-11-15-9-13-6-7-16(24-2)10-17(13)21-19(15)23/h3-10H,11H2,1-2H3,(H,20,22)(H,21,23). The van der Waals surface area contributed by atoms with Crippen molar-refractivity contribution in [2.45, 2.75) is 13.5 Å². The molecule has 2 N–H and O–H groups in total. The molecule has 5 heteroatoms. The Balaban J connectivity index is 1.81. The Labute approximate surface area is 139 Å². The molecule has 0 spiro atoms. The summed E-state index contributed by atoms with van der Waals surface area (Å²) in [5.41, 5.74) is 2.58. The summed E-state index contributed by atoms with van der Waals surface area (Å²) in [5.74, 6) is 0.478. The van der Waals surface area contributed by atoms with Gasteiger partial charge in [0.2, 0.25) is 0 Å². The maximum atomic E-state index is 12.2. The van der Waals surface area contributed by atoms with E-state index in [-0.39, 0.29) is 18.0 Å². The fraction of sp³-hybridized carbons (Fsp3) is 0.158. The van der Waals surface area contributed by atoms with Gasteiger partial charge in [-0.2, -0.15) is 0 Å². The van der Waals surface area contributed by atoms with E-state index in [1.807, 2.05) is 37.3 Å². The van der Waals surface area contributed by atoms with Gasteiger partial charge in [-0.25, -0.2) is 0 Å². The lowest BCUT2D eigenvalue weighted by atomic mass is 10.1. The number of hydrogen-bond acceptors (Lipinski definition) is 3. The van der Waals surface area contributed by atoms with Gasteiger partial charge in [-0.05, 0) is 42.6 Å². The number of aromatic amines is 1. The van der Waals surface area contributed by atoms with Crippen LogP contribution in [0.1, 0.15) is 21.5 Å². The molecular weight excluding hydrogens is 304 g/mol. The topological polar surface area (TPSA) is 71.2 Å². The third-order valence-electron chi connectivity index (χ3n) is 3.85. The highest BCUT2D eigenvalue weighted by molar-refractivity contribution is 5.94. The van der Waals surface area contributed by atoms with Crippen molar-refractivity contribution >= 4 is 16.8 Å². The van der Waals surface area contributed by atoms with E-state index in [9.17, 15) is 9.59 Å². The molecule has 0 radical (unpaired) electrons. The van der Waals surface area contributed by atoms with Crippen molar-refractivity contribution in [3.05, 3.63) is 75.6 Å². The summed E-state index contributed by atoms with van der Waals surface area (Å²) in [6.07, 6.45) is 0. The zero-order valence-corrected chi connectivity index (χ0v) is 13.6. The molecule has 2 aromatic carbocycles. The number of pyridine rings is 1. The number of methoxy groups -OCH3 is 1. The second kappa shape index (κ2) is 6.58. The van der Waals surface area contributed by atoms with Crippen molar-refractivity contribution in [1.29, 1.82) is 0 Å². The van der Waals surface area contributed by atoms with Gasteiger partial charge in [-0.1, -0.05) is 17.7 Å². The lowest BCUT2D eigenvalue weighted by molar-refractivity contribution is 0.0950. The van der Waals surface area contributed by atoms with Gasteiger partial charge in [0.15, 0.2) is 0 Å². The zero-order valence-electron chi connectivity index (χ0n) is 13.6. The number of aryl methyl sites for hydroxylation is 1. The number of carbonyl (C=O) groups is 1. The molecule has 3 aromatic rings. The van der Waals surface area contributed by atoms with Crippen LogP contribution in [-0.2, 0) is 6.54 Å². The fourth-order valence-electron chi connectivity index (χ4n) is 2.55. The Morgan fingerprint density at radius 1 is 1.17 bits per heavy atom. The molecule has 0 unspecified atom stereocenters. The summed E-state index contributed by atoms with van der Waals surface area (Å²) in [4.78, 5) is 27.2. The smallest absolute Gasteiger partial charge is 0.253 e. The molecule has 0 saturated carbocycles. The van der Waals surface area contributed by atoms with Crippen molar-refractivity contribution in [2.75, 3.05) is 7.11 Å². The summed E-state index contributed by atoms with van der Waals surface area (Å²) in [5, 5.41) is 3.67. The summed E-state index contributed by atoms with van der Waals surface area (Å²) >= 11 is 0. The first-order valence-electron chi connectivity index (χ1n) is 7.61. The van der Waals surface area contributed by atoms with Crippen LogP contribution in [0.2, 0.25) is 0 Å². The highest BCUT2D eigenvalue weighted by Crippen LogP contribution is 2.18. The lowest BCUT2D eigenvalue weighted by Gasteiger charge is -2.07. The van der Waals surface area contributed by atoms with Crippen molar-refractivity contribution < 1.29 is 9.53 Å². The molecule has 122 valence electrons. The van der Waals surface area contributed by atoms with Crippen LogP contribution in [-0.4, -0.2) is 18.0 Å². The second-order valence-corrected chi connectivity index (χ2v) is 5.63. The van der Waals surface area contributed by atoms with E-state index in [1.165, 1.54) is 0 Å². The number of hydrogen-bond donors (Lipinski definition) is 2. The number of aromatic nitrogens is 1. The average Bonchev–Trinajstić information content (AvgIpc) is 2.59. The molecule has 3 rings (SSSR count). The minimum absolute atomic E-state index is 0.171. The molecular formula is C19H18N2O3. The van der Waals surface area contributed by atoms with Gasteiger partial charge in [0, 0.05) is 23.7 Å². The Morgan fingerprint density at radius 3 is 2.75 bits per heavy atom. The van der Waals surface area contributed by atoms with E-state index in [1.54, 1.807) is 25.3 Å². The van der Waals surface area contributed by atoms with Crippen LogP contribution in [0.3, 0.4) is 0 Å². The molecule has 0 aliphatic carbocycles. The normalized spacial score (nSPS) is 10.6. The summed E-state index contributed by atoms with van der Waals surface area (Å²) in [7, 11) is 1.58. The summed E-state index contributed by atoms with van der Waals surface area (Å²) in [6, 6.07) is 14.6. The first kappa shape index (κ1) is 15.8. The first-order chi connectivity index (χ1) is 11.6. The maximum absolute atomic E-state index is 12.2. The van der Waals surface area contributed by atoms with Gasteiger partial charge in [0.1, 0.15) is 5.75 Å². The number of amides is 1. The van der Waals surface area contributed by atoms with E-state index < -0.39 is 0 Å². The minimum atomic E-state index is -0.222. The SMILES string of the molecule is COc1ccc2cc(CNC(=O)c3cccc(C)c3)c(=O)[nH]c2c1. The molecule has 0 aliphatic rings. The first-order valence-corrected chi connectivity index (χ1v) is 7.61. The fourth-order valence-corrected chi connectivity index (χ4v) is 2.55. The Hall–Kier alpha value is -3.08. The van der Waals surface area contributed by atoms with Crippen LogP contribution < -0.4 is 15.6 Å². The predicted octanol–water partition coefficient (Wildman–Crippen LogP) is 2.78. The van der Waals surface area contributed by atoms with Gasteiger partial charge >= 0.3 is 0 Å². The third-order valence-corrected chi connectivity index (χ3v) is 3.85. The van der Waals surface area contributed by atoms with E-state index in [0.29, 0.717) is 22.4 Å². The zero-order chi connectivity index (χ0) is 17.1. The largest absolute Gasteiger partial charge is 0.497 e. The van der Waals surface area contributed by atoms with E-state index in [2.05, 4.69) is 10.3 Å². The van der Waals surface area contributed by atoms with Gasteiger partial charge in [0.05, 0.1) is 12.6 Å². The molecule has 1 heterocycles. The summed E-state index contributed by atoms with van der Waals surface area (Å²) in [6.45, 7) is 2.10. The second-order valence-electron chi connectivity index (χ2n) is 5.63. The quantitative estimate of drug-likeness (QED) is 0.776. The molecule has 0 fully saturated rings. The monoisotopic (exact) mass is 322 g/mol. The molecule has 1 aromatic heterocycles. The minimum Gasteiger partial charge on any atom is -0.497 e. The number of H-pyrrole nitrogens is 1. The Kier molecular flexibility index (Phi) is 4.33. The van der Waals surface area contributed by atoms with Crippen molar-refractivity contribution in [2.24, 2.45) is 0 Å². The molecule has 0 atom stereocenters. The number of ether oxygens (including phenoxy) is 1. The Morgan fingerprint density at radius 2 is 2.00 bits per heavy atom. The van der Waals surface area contributed by atoms with Crippen molar-refractivity contribution in [1.82, 2.24) is 10.3 Å². The number of fused-ring (bicyclic) bond motifs is 1. The van der Waals surface area contributed by atoms with Crippen LogP contribution in [0.25, 0.3) is 10.9 Å². The van der Waals surface area contributed by atoms with Gasteiger partial charge in [-0.15, -0.1) is 0 Å². The van der Waals surface area contributed by atoms with Crippen molar-refractivity contribution in [3.63, 3.8) is 0 Å².